The minimum atomic E-state index is -0.415. The molecule has 0 aliphatic carbocycles. The molecule has 0 amide bonds. The quantitative estimate of drug-likeness (QED) is 0.848. The Hall–Kier alpha value is -2.53. The molecule has 2 aromatic rings. The zero-order valence-corrected chi connectivity index (χ0v) is 11.3. The summed E-state index contributed by atoms with van der Waals surface area (Å²) in [6, 6.07) is 10.6. The smallest absolute Gasteiger partial charge is 0.135 e. The second kappa shape index (κ2) is 6.76. The highest BCUT2D eigenvalue weighted by Gasteiger charge is 2.09. The molecule has 4 N–H and O–H groups in total. The third kappa shape index (κ3) is 3.52. The van der Waals surface area contributed by atoms with Crippen LogP contribution in [-0.4, -0.2) is 6.21 Å². The molecule has 21 heavy (non-hydrogen) atoms. The molecule has 0 saturated heterocycles. The molecule has 0 aliphatic heterocycles. The normalized spacial score (nSPS) is 12.0. The van der Waals surface area contributed by atoms with Gasteiger partial charge in [0.25, 0.3) is 0 Å². The fourth-order valence-electron chi connectivity index (χ4n) is 1.83. The van der Waals surface area contributed by atoms with Crippen LogP contribution in [0.25, 0.3) is 5.57 Å². The molecule has 5 heteroatoms. The molecular formula is C16H15F2N3. The Labute approximate surface area is 121 Å². The molecule has 0 fully saturated rings. The van der Waals surface area contributed by atoms with E-state index in [4.69, 9.17) is 11.5 Å². The van der Waals surface area contributed by atoms with Crippen molar-refractivity contribution in [3.05, 3.63) is 71.4 Å². The number of allylic oxidation sites excluding steroid dienone is 1. The second-order valence-corrected chi connectivity index (χ2v) is 4.34. The standard InChI is InChI=1S/C16H15F2N3/c17-13-4-6-14(7-5-13)21-10-12(9-20)15-3-1-2-11(8-19)16(15)18/h1-7,9-10H,8,19-20H2. The van der Waals surface area contributed by atoms with E-state index in [0.29, 0.717) is 22.4 Å². The van der Waals surface area contributed by atoms with Gasteiger partial charge in [0, 0.05) is 35.7 Å². The number of nitrogens with two attached hydrogens (primary N) is 2. The molecule has 2 rings (SSSR count). The van der Waals surface area contributed by atoms with E-state index in [1.165, 1.54) is 36.7 Å². The summed E-state index contributed by atoms with van der Waals surface area (Å²) in [5.41, 5.74) is 12.7. The molecule has 0 spiro atoms. The second-order valence-electron chi connectivity index (χ2n) is 4.34. The Bertz CT molecular complexity index is 676. The number of nitrogens with zero attached hydrogens (tertiary/aromatic N) is 1. The van der Waals surface area contributed by atoms with Crippen molar-refractivity contribution in [2.45, 2.75) is 6.54 Å². The number of halogens is 2. The average molecular weight is 287 g/mol. The summed E-state index contributed by atoms with van der Waals surface area (Å²) in [7, 11) is 0. The lowest BCUT2D eigenvalue weighted by molar-refractivity contribution is 0.607. The van der Waals surface area contributed by atoms with Crippen molar-refractivity contribution in [2.75, 3.05) is 0 Å². The Morgan fingerprint density at radius 2 is 1.81 bits per heavy atom. The van der Waals surface area contributed by atoms with Crippen molar-refractivity contribution in [2.24, 2.45) is 16.5 Å². The van der Waals surface area contributed by atoms with Gasteiger partial charge in [-0.05, 0) is 24.3 Å². The van der Waals surface area contributed by atoms with E-state index in [9.17, 15) is 8.78 Å². The van der Waals surface area contributed by atoms with Gasteiger partial charge in [-0.25, -0.2) is 8.78 Å². The largest absolute Gasteiger partial charge is 0.404 e. The summed E-state index contributed by atoms with van der Waals surface area (Å²) < 4.78 is 27.0. The highest BCUT2D eigenvalue weighted by atomic mass is 19.1. The van der Waals surface area contributed by atoms with Gasteiger partial charge in [0.2, 0.25) is 0 Å². The lowest BCUT2D eigenvalue weighted by Crippen LogP contribution is -2.03. The van der Waals surface area contributed by atoms with Gasteiger partial charge in [-0.15, -0.1) is 0 Å². The third-order valence-electron chi connectivity index (χ3n) is 2.97. The molecule has 0 atom stereocenters. The molecule has 0 aliphatic rings. The first-order valence-electron chi connectivity index (χ1n) is 6.35. The van der Waals surface area contributed by atoms with E-state index in [0.717, 1.165) is 0 Å². The van der Waals surface area contributed by atoms with Crippen LogP contribution in [0, 0.1) is 11.6 Å². The predicted molar refractivity (Wildman–Crippen MR) is 81.0 cm³/mol. The van der Waals surface area contributed by atoms with Gasteiger partial charge >= 0.3 is 0 Å². The van der Waals surface area contributed by atoms with Crippen LogP contribution in [0.5, 0.6) is 0 Å². The van der Waals surface area contributed by atoms with E-state index >= 15 is 0 Å². The van der Waals surface area contributed by atoms with Gasteiger partial charge in [-0.3, -0.25) is 4.99 Å². The van der Waals surface area contributed by atoms with E-state index in [1.54, 1.807) is 18.2 Å². The topological polar surface area (TPSA) is 64.4 Å². The third-order valence-corrected chi connectivity index (χ3v) is 2.97. The van der Waals surface area contributed by atoms with Gasteiger partial charge in [0.15, 0.2) is 0 Å². The molecule has 3 nitrogen and oxygen atoms in total. The molecular weight excluding hydrogens is 272 g/mol. The highest BCUT2D eigenvalue weighted by Crippen LogP contribution is 2.20. The average Bonchev–Trinajstić information content (AvgIpc) is 2.51. The fourth-order valence-corrected chi connectivity index (χ4v) is 1.83. The van der Waals surface area contributed by atoms with Crippen LogP contribution in [0.3, 0.4) is 0 Å². The first kappa shape index (κ1) is 14.9. The molecule has 108 valence electrons. The minimum absolute atomic E-state index is 0.104. The zero-order valence-electron chi connectivity index (χ0n) is 11.3. The van der Waals surface area contributed by atoms with E-state index < -0.39 is 5.82 Å². The maximum absolute atomic E-state index is 14.2. The van der Waals surface area contributed by atoms with Gasteiger partial charge in [-0.1, -0.05) is 18.2 Å². The Morgan fingerprint density at radius 3 is 2.43 bits per heavy atom. The number of aliphatic imine (C=N–C) groups is 1. The predicted octanol–water partition coefficient (Wildman–Crippen LogP) is 3.13. The van der Waals surface area contributed by atoms with Crippen LogP contribution in [0.2, 0.25) is 0 Å². The maximum Gasteiger partial charge on any atom is 0.135 e. The Balaban J connectivity index is 2.31. The summed E-state index contributed by atoms with van der Waals surface area (Å²) in [4.78, 5) is 4.15. The highest BCUT2D eigenvalue weighted by molar-refractivity contribution is 6.10. The SMILES string of the molecule is NC=C(C=Nc1ccc(F)cc1)c1cccc(CN)c1F. The molecule has 0 radical (unpaired) electrons. The molecule has 0 aromatic heterocycles. The van der Waals surface area contributed by atoms with Crippen molar-refractivity contribution >= 4 is 17.5 Å². The lowest BCUT2D eigenvalue weighted by atomic mass is 10.0. The van der Waals surface area contributed by atoms with Gasteiger partial charge in [0.05, 0.1) is 5.69 Å². The van der Waals surface area contributed by atoms with Crippen molar-refractivity contribution < 1.29 is 8.78 Å². The van der Waals surface area contributed by atoms with Crippen molar-refractivity contribution in [3.8, 4) is 0 Å². The van der Waals surface area contributed by atoms with E-state index in [-0.39, 0.29) is 12.4 Å². The lowest BCUT2D eigenvalue weighted by Gasteiger charge is -2.07. The summed E-state index contributed by atoms with van der Waals surface area (Å²) in [6.07, 6.45) is 2.71. The Morgan fingerprint density at radius 1 is 1.10 bits per heavy atom. The summed E-state index contributed by atoms with van der Waals surface area (Å²) in [5, 5.41) is 0. The summed E-state index contributed by atoms with van der Waals surface area (Å²) in [5.74, 6) is -0.757. The van der Waals surface area contributed by atoms with Crippen LogP contribution in [0.4, 0.5) is 14.5 Å². The van der Waals surface area contributed by atoms with Gasteiger partial charge < -0.3 is 11.5 Å². The minimum Gasteiger partial charge on any atom is -0.404 e. The van der Waals surface area contributed by atoms with Crippen molar-refractivity contribution in [1.29, 1.82) is 0 Å². The van der Waals surface area contributed by atoms with Crippen LogP contribution >= 0.6 is 0 Å². The van der Waals surface area contributed by atoms with Gasteiger partial charge in [-0.2, -0.15) is 0 Å². The van der Waals surface area contributed by atoms with Gasteiger partial charge in [0.1, 0.15) is 11.6 Å². The molecule has 0 saturated carbocycles. The number of rotatable bonds is 4. The van der Waals surface area contributed by atoms with Crippen LogP contribution in [0.1, 0.15) is 11.1 Å². The molecule has 2 aromatic carbocycles. The van der Waals surface area contributed by atoms with Crippen LogP contribution in [0.15, 0.2) is 53.7 Å². The fraction of sp³-hybridized carbons (Fsp3) is 0.0625. The zero-order chi connectivity index (χ0) is 15.2. The van der Waals surface area contributed by atoms with E-state index in [1.807, 2.05) is 0 Å². The van der Waals surface area contributed by atoms with E-state index in [2.05, 4.69) is 4.99 Å². The monoisotopic (exact) mass is 287 g/mol. The molecule has 0 heterocycles. The number of hydrogen-bond donors (Lipinski definition) is 2. The first-order valence-corrected chi connectivity index (χ1v) is 6.35. The van der Waals surface area contributed by atoms with Crippen molar-refractivity contribution in [1.82, 2.24) is 0 Å². The molecule has 0 unspecified atom stereocenters. The first-order chi connectivity index (χ1) is 10.2. The van der Waals surface area contributed by atoms with Crippen molar-refractivity contribution in [3.63, 3.8) is 0 Å². The summed E-state index contributed by atoms with van der Waals surface area (Å²) >= 11 is 0. The number of hydrogen-bond acceptors (Lipinski definition) is 3. The molecule has 0 bridgehead atoms. The Kier molecular flexibility index (Phi) is 4.79. The van der Waals surface area contributed by atoms with Crippen LogP contribution < -0.4 is 11.5 Å². The summed E-state index contributed by atoms with van der Waals surface area (Å²) in [6.45, 7) is 0.104. The maximum atomic E-state index is 14.2. The number of benzene rings is 2. The van der Waals surface area contributed by atoms with Crippen LogP contribution in [-0.2, 0) is 6.54 Å².